The van der Waals surface area contributed by atoms with Gasteiger partial charge in [-0.05, 0) is 55.3 Å². The molecule has 0 aliphatic rings. The van der Waals surface area contributed by atoms with Gasteiger partial charge < -0.3 is 19.5 Å². The maximum Gasteiger partial charge on any atom is 0.220 e. The minimum atomic E-state index is -0.0644. The van der Waals surface area contributed by atoms with Crippen LogP contribution in [0, 0.1) is 0 Å². The minimum Gasteiger partial charge on any atom is -0.497 e. The number of hydrogen-bond acceptors (Lipinski definition) is 4. The molecule has 0 aliphatic carbocycles. The molecule has 0 saturated carbocycles. The zero-order valence-electron chi connectivity index (χ0n) is 15.0. The summed E-state index contributed by atoms with van der Waals surface area (Å²) in [5, 5.41) is 2.95. The molecule has 25 heavy (non-hydrogen) atoms. The summed E-state index contributed by atoms with van der Waals surface area (Å²) in [5.41, 5.74) is 1.11. The van der Waals surface area contributed by atoms with Crippen molar-refractivity contribution < 1.29 is 19.0 Å². The van der Waals surface area contributed by atoms with Gasteiger partial charge in [0.25, 0.3) is 0 Å². The predicted molar refractivity (Wildman–Crippen MR) is 97.4 cm³/mol. The maximum absolute atomic E-state index is 12.0. The molecule has 2 aromatic rings. The number of nitrogens with one attached hydrogen (secondary N) is 1. The Morgan fingerprint density at radius 3 is 2.00 bits per heavy atom. The van der Waals surface area contributed by atoms with E-state index in [9.17, 15) is 4.79 Å². The molecule has 0 unspecified atom stereocenters. The summed E-state index contributed by atoms with van der Waals surface area (Å²) in [6.07, 6.45) is 1.14. The van der Waals surface area contributed by atoms with Crippen LogP contribution >= 0.6 is 0 Å². The highest BCUT2D eigenvalue weighted by atomic mass is 16.5. The highest BCUT2D eigenvalue weighted by Gasteiger charge is 2.08. The van der Waals surface area contributed by atoms with Gasteiger partial charge in [0.05, 0.1) is 20.3 Å². The fraction of sp³-hybridized carbons (Fsp3) is 0.350. The molecule has 1 atom stereocenters. The first-order valence-electron chi connectivity index (χ1n) is 8.30. The Bertz CT molecular complexity index is 652. The van der Waals surface area contributed by atoms with E-state index in [0.717, 1.165) is 22.8 Å². The number of benzene rings is 2. The predicted octanol–water partition coefficient (Wildman–Crippen LogP) is 3.22. The third-order valence-electron chi connectivity index (χ3n) is 3.77. The van der Waals surface area contributed by atoms with Crippen LogP contribution in [0.3, 0.4) is 0 Å². The smallest absolute Gasteiger partial charge is 0.220 e. The second-order valence-corrected chi connectivity index (χ2v) is 5.80. The van der Waals surface area contributed by atoms with Crippen LogP contribution in [0.5, 0.6) is 17.2 Å². The average Bonchev–Trinajstić information content (AvgIpc) is 2.65. The molecule has 0 radical (unpaired) electrons. The molecule has 0 saturated heterocycles. The zero-order valence-corrected chi connectivity index (χ0v) is 15.0. The molecule has 0 fully saturated rings. The van der Waals surface area contributed by atoms with Gasteiger partial charge in [-0.1, -0.05) is 12.1 Å². The number of aryl methyl sites for hydroxylation is 1. The van der Waals surface area contributed by atoms with Gasteiger partial charge in [-0.25, -0.2) is 0 Å². The van der Waals surface area contributed by atoms with Crippen molar-refractivity contribution in [1.29, 1.82) is 0 Å². The summed E-state index contributed by atoms with van der Waals surface area (Å²) >= 11 is 0. The Hall–Kier alpha value is -2.69. The molecule has 1 amide bonds. The van der Waals surface area contributed by atoms with E-state index in [2.05, 4.69) is 5.32 Å². The maximum atomic E-state index is 12.0. The lowest BCUT2D eigenvalue weighted by atomic mass is 10.1. The number of hydrogen-bond donors (Lipinski definition) is 1. The fourth-order valence-corrected chi connectivity index (χ4v) is 2.33. The van der Waals surface area contributed by atoms with Gasteiger partial charge in [0.1, 0.15) is 23.9 Å². The molecule has 0 aromatic heterocycles. The third kappa shape index (κ3) is 6.37. The van der Waals surface area contributed by atoms with Crippen LogP contribution in [0.25, 0.3) is 0 Å². The molecular weight excluding hydrogens is 318 g/mol. The van der Waals surface area contributed by atoms with E-state index in [4.69, 9.17) is 14.2 Å². The number of amides is 1. The van der Waals surface area contributed by atoms with Crippen molar-refractivity contribution >= 4 is 5.91 Å². The second kappa shape index (κ2) is 9.57. The van der Waals surface area contributed by atoms with Gasteiger partial charge in [-0.3, -0.25) is 4.79 Å². The Labute approximate surface area is 148 Å². The lowest BCUT2D eigenvalue weighted by Crippen LogP contribution is -2.36. The molecule has 0 spiro atoms. The molecule has 2 rings (SSSR count). The minimum absolute atomic E-state index is 0.0154. The average molecular weight is 343 g/mol. The van der Waals surface area contributed by atoms with Crippen molar-refractivity contribution in [1.82, 2.24) is 5.32 Å². The van der Waals surface area contributed by atoms with E-state index in [-0.39, 0.29) is 11.9 Å². The van der Waals surface area contributed by atoms with Gasteiger partial charge in [-0.15, -0.1) is 0 Å². The molecule has 0 bridgehead atoms. The summed E-state index contributed by atoms with van der Waals surface area (Å²) < 4.78 is 15.9. The zero-order chi connectivity index (χ0) is 18.1. The van der Waals surface area contributed by atoms with Gasteiger partial charge in [0, 0.05) is 6.42 Å². The Morgan fingerprint density at radius 1 is 0.920 bits per heavy atom. The van der Waals surface area contributed by atoms with Gasteiger partial charge >= 0.3 is 0 Å². The summed E-state index contributed by atoms with van der Waals surface area (Å²) in [5.74, 6) is 2.37. The molecule has 1 N–H and O–H groups in total. The number of ether oxygens (including phenoxy) is 3. The first kappa shape index (κ1) is 18.6. The highest BCUT2D eigenvalue weighted by molar-refractivity contribution is 5.76. The summed E-state index contributed by atoms with van der Waals surface area (Å²) in [6.45, 7) is 2.34. The molecule has 2 aromatic carbocycles. The third-order valence-corrected chi connectivity index (χ3v) is 3.77. The lowest BCUT2D eigenvalue weighted by Gasteiger charge is -2.15. The quantitative estimate of drug-likeness (QED) is 0.759. The number of rotatable bonds is 9. The summed E-state index contributed by atoms with van der Waals surface area (Å²) in [6, 6.07) is 15.1. The van der Waals surface area contributed by atoms with Gasteiger partial charge in [0.2, 0.25) is 5.91 Å². The molecule has 0 heterocycles. The number of carbonyl (C=O) groups is 1. The van der Waals surface area contributed by atoms with Crippen LogP contribution in [0.1, 0.15) is 18.9 Å². The van der Waals surface area contributed by atoms with E-state index < -0.39 is 0 Å². The highest BCUT2D eigenvalue weighted by Crippen LogP contribution is 2.17. The van der Waals surface area contributed by atoms with Crippen molar-refractivity contribution in [2.24, 2.45) is 0 Å². The fourth-order valence-electron chi connectivity index (χ4n) is 2.33. The van der Waals surface area contributed by atoms with Gasteiger partial charge in [-0.2, -0.15) is 0 Å². The summed E-state index contributed by atoms with van der Waals surface area (Å²) in [7, 11) is 3.26. The standard InChI is InChI=1S/C20H25NO4/c1-15(14-25-19-11-9-18(24-3)10-12-19)21-20(22)13-6-16-4-7-17(23-2)8-5-16/h4-5,7-12,15H,6,13-14H2,1-3H3,(H,21,22)/t15-/m0/s1. The van der Waals surface area contributed by atoms with E-state index in [1.54, 1.807) is 14.2 Å². The van der Waals surface area contributed by atoms with Gasteiger partial charge in [0.15, 0.2) is 0 Å². The van der Waals surface area contributed by atoms with Crippen LogP contribution in [-0.4, -0.2) is 32.8 Å². The Balaban J connectivity index is 1.69. The Kier molecular flexibility index (Phi) is 7.14. The molecule has 0 aliphatic heterocycles. The molecule has 134 valence electrons. The monoisotopic (exact) mass is 343 g/mol. The number of methoxy groups -OCH3 is 2. The Morgan fingerprint density at radius 2 is 1.44 bits per heavy atom. The van der Waals surface area contributed by atoms with E-state index in [1.165, 1.54) is 0 Å². The van der Waals surface area contributed by atoms with E-state index >= 15 is 0 Å². The SMILES string of the molecule is COc1ccc(CCC(=O)N[C@@H](C)COc2ccc(OC)cc2)cc1. The summed E-state index contributed by atoms with van der Waals surface area (Å²) in [4.78, 5) is 12.0. The van der Waals surface area contributed by atoms with Crippen LogP contribution < -0.4 is 19.5 Å². The molecule has 5 heteroatoms. The van der Waals surface area contributed by atoms with Crippen molar-refractivity contribution in [3.8, 4) is 17.2 Å². The number of carbonyl (C=O) groups excluding carboxylic acids is 1. The molecular formula is C20H25NO4. The van der Waals surface area contributed by atoms with E-state index in [0.29, 0.717) is 19.4 Å². The van der Waals surface area contributed by atoms with Crippen molar-refractivity contribution in [3.63, 3.8) is 0 Å². The first-order valence-corrected chi connectivity index (χ1v) is 8.30. The van der Waals surface area contributed by atoms with Crippen molar-refractivity contribution in [2.75, 3.05) is 20.8 Å². The topological polar surface area (TPSA) is 56.8 Å². The van der Waals surface area contributed by atoms with Crippen molar-refractivity contribution in [3.05, 3.63) is 54.1 Å². The lowest BCUT2D eigenvalue weighted by molar-refractivity contribution is -0.121. The largest absolute Gasteiger partial charge is 0.497 e. The van der Waals surface area contributed by atoms with Crippen LogP contribution in [0.4, 0.5) is 0 Å². The van der Waals surface area contributed by atoms with Crippen LogP contribution in [0.2, 0.25) is 0 Å². The normalized spacial score (nSPS) is 11.5. The van der Waals surface area contributed by atoms with Crippen LogP contribution in [0.15, 0.2) is 48.5 Å². The second-order valence-electron chi connectivity index (χ2n) is 5.80. The first-order chi connectivity index (χ1) is 12.1. The van der Waals surface area contributed by atoms with Crippen molar-refractivity contribution in [2.45, 2.75) is 25.8 Å². The van der Waals surface area contributed by atoms with Crippen LogP contribution in [-0.2, 0) is 11.2 Å². The molecule has 5 nitrogen and oxygen atoms in total. The van der Waals surface area contributed by atoms with E-state index in [1.807, 2.05) is 55.5 Å².